The number of nitrogens with one attached hydrogen (secondary N) is 11. The van der Waals surface area contributed by atoms with Crippen molar-refractivity contribution >= 4 is 146 Å². The zero-order chi connectivity index (χ0) is 111. The lowest BCUT2D eigenvalue weighted by Gasteiger charge is -2.36. The summed E-state index contributed by atoms with van der Waals surface area (Å²) >= 11 is 0. The molecular weight excluding hydrogens is 1990 g/mol. The van der Waals surface area contributed by atoms with Crippen LogP contribution in [0.15, 0.2) is 60.7 Å². The maximum Gasteiger partial charge on any atom is 0.508 e. The summed E-state index contributed by atoms with van der Waals surface area (Å²) in [6.07, 6.45) is -5.86. The highest BCUT2D eigenvalue weighted by molar-refractivity contribution is 8.76. The first-order valence-corrected chi connectivity index (χ1v) is 53.2. The quantitative estimate of drug-likeness (QED) is 0.0148. The van der Waals surface area contributed by atoms with E-state index in [2.05, 4.69) is 53.2 Å². The van der Waals surface area contributed by atoms with E-state index in [9.17, 15) is 117 Å². The molecule has 0 aromatic heterocycles. The number of unbranched alkanes of at least 4 members (excludes halogenated alkanes) is 3. The van der Waals surface area contributed by atoms with Crippen LogP contribution in [0.5, 0.6) is 0 Å². The molecule has 3 heterocycles. The predicted octanol–water partition coefficient (Wildman–Crippen LogP) is 2.31. The van der Waals surface area contributed by atoms with E-state index in [1.807, 2.05) is 37.9 Å². The number of esters is 2. The molecule has 20 atom stereocenters. The van der Waals surface area contributed by atoms with Gasteiger partial charge in [0.15, 0.2) is 11.9 Å². The molecule has 149 heavy (non-hydrogen) atoms. The lowest BCUT2D eigenvalue weighted by molar-refractivity contribution is -0.163. The number of cyclic esters (lactones) is 2. The molecule has 47 nitrogen and oxygen atoms in total. The minimum Gasteiger partial charge on any atom is -0.481 e. The Labute approximate surface area is 875 Å². The predicted molar refractivity (Wildman–Crippen MR) is 544 cm³/mol. The van der Waals surface area contributed by atoms with Crippen LogP contribution in [0.25, 0.3) is 0 Å². The summed E-state index contributed by atoms with van der Waals surface area (Å²) in [4.78, 5) is 289. The van der Waals surface area contributed by atoms with Crippen LogP contribution in [0.2, 0.25) is 0 Å². The second-order valence-corrected chi connectivity index (χ2v) is 41.8. The molecule has 2 aromatic carbocycles. The van der Waals surface area contributed by atoms with Gasteiger partial charge in [0.1, 0.15) is 79.2 Å². The van der Waals surface area contributed by atoms with Gasteiger partial charge in [-0.25, -0.2) is 28.8 Å². The Morgan fingerprint density at radius 2 is 1.20 bits per heavy atom. The van der Waals surface area contributed by atoms with Gasteiger partial charge in [0.25, 0.3) is 0 Å². The second kappa shape index (κ2) is 64.9. The number of carboxylic acid groups (broad SMARTS) is 5. The van der Waals surface area contributed by atoms with Gasteiger partial charge < -0.3 is 124 Å². The number of aliphatic hydroxyl groups excluding tert-OH is 1. The summed E-state index contributed by atoms with van der Waals surface area (Å²) in [5.74, 6) is -21.6. The number of carbonyl (C=O) groups is 21. The van der Waals surface area contributed by atoms with Crippen molar-refractivity contribution < 1.29 is 150 Å². The molecule has 0 bridgehead atoms. The van der Waals surface area contributed by atoms with Crippen molar-refractivity contribution in [2.24, 2.45) is 35.3 Å². The first kappa shape index (κ1) is 127. The van der Waals surface area contributed by atoms with Crippen LogP contribution in [-0.2, 0) is 123 Å². The van der Waals surface area contributed by atoms with E-state index in [0.29, 0.717) is 88.4 Å². The lowest BCUT2D eigenvalue weighted by Crippen LogP contribution is -2.62. The number of Topliss-reactive ketones (excluding diaryl/α,β-unsaturated/α-hetero) is 1. The Kier molecular flexibility index (Phi) is 55.4. The average molecular weight is 2140 g/mol. The maximum absolute atomic E-state index is 15.2. The number of ether oxygens (including phenoxy) is 4. The number of hydrogen-bond donors (Lipinski definition) is 18. The van der Waals surface area contributed by atoms with Crippen LogP contribution in [0.1, 0.15) is 216 Å². The van der Waals surface area contributed by atoms with E-state index in [4.69, 9.17) is 29.8 Å². The standard InChI is InChI=1S/C100H154N16O31S2/c1-15-58(9)82-76(117)50-81(124)147-85(57(7)8)84(125)60(11)86(126)104-64(45-55(3)4)53-116-42-28-34-74(116)93(133)113(13)72(16-2)98(141)146-61(12)83(92(132)111-82)112-91(131)75(46-56(5)6)114(14)94(134)73-33-27-41-115(73)52-59(10)145-100(143)144-43-44-148-149-54-71(97(139)140)108-90(130)70(49-80(122)123)106-87(127)65(101)51-103-88(128)68(47-62-29-21-19-22-30-62)107-89(129)69(48-63-31-23-20-24-32-63)105-78(119)35-25-17-18-26-40-102-77(118)38-36-66(95(135)136)109-99(142)110-67(96(137)138)37-39-79(120)121/h19-24,29-32,55-61,64-76,82-83,85,117H,15-18,25-28,33-54,101H2,1-14H3,(H,102,118)(H,103,128)(H,104,126)(H,105,119)(H,106,127)(H,107,129)(H,108,130)(H,111,132)(H,112,131)(H,120,121)(H,122,123)(H,135,136)(H,137,138)(H,139,140)(H2,109,110,142)/t58-,59?,60-,61-,64-,65-,66-,67+,68-,69-,70-,71-,72-,73-,74-,75-,76-,82-,83-,85-/m0/s1. The van der Waals surface area contributed by atoms with Crippen LogP contribution >= 0.6 is 21.6 Å². The Morgan fingerprint density at radius 1 is 0.617 bits per heavy atom. The number of nitrogens with two attached hydrogens (primary N) is 1. The van der Waals surface area contributed by atoms with Crippen molar-refractivity contribution in [3.63, 3.8) is 0 Å². The van der Waals surface area contributed by atoms with Gasteiger partial charge in [-0.05, 0) is 139 Å². The van der Waals surface area contributed by atoms with Crippen molar-refractivity contribution in [1.29, 1.82) is 0 Å². The van der Waals surface area contributed by atoms with E-state index < -0.39 is 284 Å². The molecule has 5 rings (SSSR count). The van der Waals surface area contributed by atoms with Gasteiger partial charge in [-0.2, -0.15) is 0 Å². The fourth-order valence-corrected chi connectivity index (χ4v) is 19.3. The van der Waals surface area contributed by atoms with Gasteiger partial charge in [0, 0.05) is 89.9 Å². The maximum atomic E-state index is 15.2. The van der Waals surface area contributed by atoms with Gasteiger partial charge >= 0.3 is 54.0 Å². The topological polar surface area (TPSA) is 688 Å². The number of carboxylic acids is 5. The monoisotopic (exact) mass is 2140 g/mol. The van der Waals surface area contributed by atoms with Crippen LogP contribution in [0.3, 0.4) is 0 Å². The highest BCUT2D eigenvalue weighted by Gasteiger charge is 2.46. The first-order valence-electron chi connectivity index (χ1n) is 50.7. The number of rotatable bonds is 55. The second-order valence-electron chi connectivity index (χ2n) is 39.2. The van der Waals surface area contributed by atoms with Gasteiger partial charge in [0.05, 0.1) is 43.0 Å². The van der Waals surface area contributed by atoms with Crippen LogP contribution in [0.4, 0.5) is 9.59 Å². The molecule has 2 aromatic rings. The Hall–Kier alpha value is -12.3. The molecular formula is C100H154N16O31S2. The summed E-state index contributed by atoms with van der Waals surface area (Å²) in [6.45, 7) is 20.6. The van der Waals surface area contributed by atoms with Crippen molar-refractivity contribution in [3.8, 4) is 0 Å². The third-order valence-electron chi connectivity index (χ3n) is 25.8. The summed E-state index contributed by atoms with van der Waals surface area (Å²) < 4.78 is 22.8. The highest BCUT2D eigenvalue weighted by atomic mass is 33.1. The summed E-state index contributed by atoms with van der Waals surface area (Å²) in [7, 11) is 4.84. The first-order chi connectivity index (χ1) is 70.3. The number of carbonyl (C=O) groups excluding carboxylic acids is 16. The third-order valence-corrected chi connectivity index (χ3v) is 28.2. The van der Waals surface area contributed by atoms with Crippen LogP contribution < -0.4 is 64.2 Å². The van der Waals surface area contributed by atoms with Gasteiger partial charge in [0.2, 0.25) is 65.0 Å². The molecule has 0 aliphatic carbocycles. The Balaban J connectivity index is 1.16. The summed E-state index contributed by atoms with van der Waals surface area (Å²) in [5.41, 5.74) is 7.43. The van der Waals surface area contributed by atoms with Crippen molar-refractivity contribution in [3.05, 3.63) is 71.8 Å². The summed E-state index contributed by atoms with van der Waals surface area (Å²) in [5, 5.41) is 87.4. The number of aliphatic hydroxyl groups is 1. The molecule has 3 fully saturated rings. The largest absolute Gasteiger partial charge is 0.508 e. The normalized spacial score (nSPS) is 21.5. The van der Waals surface area contributed by atoms with E-state index in [1.165, 1.54) is 37.7 Å². The molecule has 0 radical (unpaired) electrons. The van der Waals surface area contributed by atoms with E-state index in [1.54, 1.807) is 107 Å². The summed E-state index contributed by atoms with van der Waals surface area (Å²) in [6, 6.07) is -2.89. The number of aliphatic carboxylic acids is 5. The lowest BCUT2D eigenvalue weighted by atomic mass is 9.91. The smallest absolute Gasteiger partial charge is 0.481 e. The number of hydrogen-bond acceptors (Lipinski definition) is 31. The number of likely N-dealkylation sites (tertiary alicyclic amines) is 1. The van der Waals surface area contributed by atoms with Gasteiger partial charge in [-0.3, -0.25) is 81.7 Å². The van der Waals surface area contributed by atoms with E-state index >= 15 is 9.59 Å². The van der Waals surface area contributed by atoms with E-state index in [0.717, 1.165) is 21.6 Å². The Bertz CT molecular complexity index is 4820. The molecule has 0 saturated carbocycles. The van der Waals surface area contributed by atoms with Crippen molar-refractivity contribution in [1.82, 2.24) is 78.1 Å². The molecule has 3 aliphatic heterocycles. The number of nitrogens with zero attached hydrogens (tertiary/aromatic N) is 4. The number of amides is 13. The average Bonchev–Trinajstić information content (AvgIpc) is 1.78. The molecule has 0 spiro atoms. The molecule has 3 aliphatic rings. The van der Waals surface area contributed by atoms with Gasteiger partial charge in [-0.1, -0.05) is 164 Å². The van der Waals surface area contributed by atoms with Crippen molar-refractivity contribution in [2.75, 3.05) is 71.5 Å². The SMILES string of the molecule is CC[C@H](C)[C@@H]1NC(=O)[C@@H](NC(=O)[C@H](CC(C)C)N(C)C(=O)[C@@H]2CCCN2CC(C)OC(=O)OCCSSC[C@H](NC(=O)[C@H](CC(=O)O)NC(=O)[C@@H](N)CNC(=O)[C@H](Cc2ccccc2)NC(=O)[C@H](Cc2ccccc2)NC(=O)CCCCCCNC(=O)CC[C@H](NC(=O)N[C@H](CCC(=O)O)C(=O)O)C(=O)O)C(=O)O)[C@H](C)OC(=O)[C@H](CC)N(C)C(=O)[C@@H]2CCCN2C[C@H](CC(C)C)NC(=O)[C@@H](C)C(=O)[C@H](C(C)C)OC(=O)C[C@@H]1O. The third kappa shape index (κ3) is 44.4. The highest BCUT2D eigenvalue weighted by Crippen LogP contribution is 2.29. The number of likely N-dealkylation sites (N-methyl/N-ethyl adjacent to an activating group) is 2. The van der Waals surface area contributed by atoms with Crippen LogP contribution in [0, 0.1) is 29.6 Å². The molecule has 3 saturated heterocycles. The number of fused-ring (bicyclic) bond motifs is 1. The fourth-order valence-electron chi connectivity index (χ4n) is 17.3. The van der Waals surface area contributed by atoms with Crippen molar-refractivity contribution in [2.45, 2.75) is 327 Å². The fraction of sp³-hybridized carbons (Fsp3) is 0.670. The molecule has 832 valence electrons. The van der Waals surface area contributed by atoms with E-state index in [-0.39, 0.29) is 94.5 Å². The zero-order valence-electron chi connectivity index (χ0n) is 87.3. The minimum absolute atomic E-state index is 0.00626. The van der Waals surface area contributed by atoms with Gasteiger partial charge in [-0.15, -0.1) is 0 Å². The number of benzene rings is 2. The van der Waals surface area contributed by atoms with Crippen LogP contribution in [-0.4, -0.2) is 355 Å². The molecule has 13 amide bonds. The molecule has 1 unspecified atom stereocenters. The minimum atomic E-state index is -1.92. The molecule has 49 heteroatoms. The zero-order valence-corrected chi connectivity index (χ0v) is 89.0. The Morgan fingerprint density at radius 3 is 1.78 bits per heavy atom. The number of urea groups is 1. The number of ketones is 1. The molecule has 19 N–H and O–H groups in total.